The minimum atomic E-state index is 0.716. The van der Waals surface area contributed by atoms with E-state index >= 15 is 0 Å². The summed E-state index contributed by atoms with van der Waals surface area (Å²) in [5.74, 6) is 1.07. The fraction of sp³-hybridized carbons (Fsp3) is 1.00. The summed E-state index contributed by atoms with van der Waals surface area (Å²) in [6.07, 6.45) is 7.24. The molecule has 0 heteroatoms. The van der Waals surface area contributed by atoms with Gasteiger partial charge >= 0.3 is 0 Å². The fourth-order valence-corrected chi connectivity index (χ4v) is 1.71. The van der Waals surface area contributed by atoms with Gasteiger partial charge in [0.05, 0.1) is 0 Å². The molecule has 0 nitrogen and oxygen atoms in total. The van der Waals surface area contributed by atoms with Gasteiger partial charge in [0.1, 0.15) is 0 Å². The van der Waals surface area contributed by atoms with E-state index in [-0.39, 0.29) is 0 Å². The molecule has 0 aromatic carbocycles. The van der Waals surface area contributed by atoms with Gasteiger partial charge in [0.25, 0.3) is 0 Å². The second kappa shape index (κ2) is 2.94. The lowest BCUT2D eigenvalue weighted by Gasteiger charge is -2.01. The van der Waals surface area contributed by atoms with E-state index < -0.39 is 0 Å². The molecule has 0 spiro atoms. The van der Waals surface area contributed by atoms with Crippen LogP contribution in [0.3, 0.4) is 0 Å². The van der Waals surface area contributed by atoms with Gasteiger partial charge in [-0.2, -0.15) is 0 Å². The predicted molar refractivity (Wildman–Crippen MR) is 46.0 cm³/mol. The average Bonchev–Trinajstić information content (AvgIpc) is 2.41. The van der Waals surface area contributed by atoms with Crippen LogP contribution in [-0.4, -0.2) is 0 Å². The van der Waals surface area contributed by atoms with Crippen molar-refractivity contribution in [3.63, 3.8) is 0 Å². The Hall–Kier alpha value is 0. The SMILES string of the molecule is CCCCCC1CC1(C)C. The Labute approximate surface area is 65.0 Å². The minimum Gasteiger partial charge on any atom is -0.0654 e. The number of rotatable bonds is 4. The van der Waals surface area contributed by atoms with Crippen LogP contribution in [0.1, 0.15) is 52.9 Å². The zero-order valence-electron chi connectivity index (χ0n) is 7.61. The summed E-state index contributed by atoms with van der Waals surface area (Å²) in [4.78, 5) is 0. The van der Waals surface area contributed by atoms with E-state index in [0.717, 1.165) is 5.92 Å². The molecule has 1 aliphatic rings. The van der Waals surface area contributed by atoms with E-state index in [9.17, 15) is 0 Å². The Balaban J connectivity index is 1.97. The largest absolute Gasteiger partial charge is 0.0654 e. The monoisotopic (exact) mass is 140 g/mol. The highest BCUT2D eigenvalue weighted by Crippen LogP contribution is 2.54. The van der Waals surface area contributed by atoms with E-state index in [1.165, 1.54) is 32.1 Å². The van der Waals surface area contributed by atoms with Crippen molar-refractivity contribution in [2.24, 2.45) is 11.3 Å². The summed E-state index contributed by atoms with van der Waals surface area (Å²) in [5, 5.41) is 0. The Morgan fingerprint density at radius 3 is 2.30 bits per heavy atom. The zero-order valence-corrected chi connectivity index (χ0v) is 7.61. The van der Waals surface area contributed by atoms with Crippen LogP contribution in [0.15, 0.2) is 0 Å². The molecule has 0 amide bonds. The molecule has 1 rings (SSSR count). The van der Waals surface area contributed by atoms with Crippen molar-refractivity contribution in [1.82, 2.24) is 0 Å². The third-order valence-corrected chi connectivity index (χ3v) is 2.87. The van der Waals surface area contributed by atoms with Gasteiger partial charge < -0.3 is 0 Å². The van der Waals surface area contributed by atoms with Gasteiger partial charge in [0.15, 0.2) is 0 Å². The van der Waals surface area contributed by atoms with Gasteiger partial charge in [0.2, 0.25) is 0 Å². The maximum Gasteiger partial charge on any atom is -0.0323 e. The summed E-state index contributed by atoms with van der Waals surface area (Å²) in [7, 11) is 0. The first kappa shape index (κ1) is 8.10. The van der Waals surface area contributed by atoms with Crippen molar-refractivity contribution in [3.05, 3.63) is 0 Å². The summed E-state index contributed by atoms with van der Waals surface area (Å²) >= 11 is 0. The fourth-order valence-electron chi connectivity index (χ4n) is 1.71. The molecule has 0 aromatic heterocycles. The average molecular weight is 140 g/mol. The van der Waals surface area contributed by atoms with Gasteiger partial charge in [-0.15, -0.1) is 0 Å². The number of hydrogen-bond donors (Lipinski definition) is 0. The van der Waals surface area contributed by atoms with Gasteiger partial charge in [-0.3, -0.25) is 0 Å². The summed E-state index contributed by atoms with van der Waals surface area (Å²) < 4.78 is 0. The molecule has 0 aromatic rings. The lowest BCUT2D eigenvalue weighted by Crippen LogP contribution is -1.89. The van der Waals surface area contributed by atoms with Gasteiger partial charge in [-0.05, 0) is 24.2 Å². The maximum absolute atomic E-state index is 2.39. The lowest BCUT2D eigenvalue weighted by atomic mass is 10.0. The Morgan fingerprint density at radius 2 is 1.90 bits per heavy atom. The van der Waals surface area contributed by atoms with Crippen molar-refractivity contribution in [1.29, 1.82) is 0 Å². The summed E-state index contributed by atoms with van der Waals surface area (Å²) in [6.45, 7) is 7.06. The molecule has 1 atom stereocenters. The molecule has 0 radical (unpaired) electrons. The van der Waals surface area contributed by atoms with E-state index in [2.05, 4.69) is 20.8 Å². The van der Waals surface area contributed by atoms with E-state index in [0.29, 0.717) is 5.41 Å². The van der Waals surface area contributed by atoms with Crippen molar-refractivity contribution in [3.8, 4) is 0 Å². The molecule has 1 fully saturated rings. The number of unbranched alkanes of at least 4 members (excludes halogenated alkanes) is 2. The Morgan fingerprint density at radius 1 is 1.30 bits per heavy atom. The maximum atomic E-state index is 2.39. The second-order valence-corrected chi connectivity index (χ2v) is 4.39. The molecular formula is C10H20. The van der Waals surface area contributed by atoms with E-state index in [1.807, 2.05) is 0 Å². The second-order valence-electron chi connectivity index (χ2n) is 4.39. The molecule has 0 heterocycles. The zero-order chi connectivity index (χ0) is 7.61. The summed E-state index contributed by atoms with van der Waals surface area (Å²) in [5.41, 5.74) is 0.716. The highest BCUT2D eigenvalue weighted by atomic mass is 14.5. The molecule has 10 heavy (non-hydrogen) atoms. The first-order valence-electron chi connectivity index (χ1n) is 4.67. The van der Waals surface area contributed by atoms with Crippen LogP contribution < -0.4 is 0 Å². The molecule has 60 valence electrons. The molecule has 0 aliphatic heterocycles. The minimum absolute atomic E-state index is 0.716. The van der Waals surface area contributed by atoms with E-state index in [1.54, 1.807) is 0 Å². The van der Waals surface area contributed by atoms with Crippen LogP contribution in [0.25, 0.3) is 0 Å². The van der Waals surface area contributed by atoms with Gasteiger partial charge in [0, 0.05) is 0 Å². The molecule has 0 N–H and O–H groups in total. The molecule has 1 aliphatic carbocycles. The van der Waals surface area contributed by atoms with Crippen LogP contribution >= 0.6 is 0 Å². The predicted octanol–water partition coefficient (Wildman–Crippen LogP) is 3.61. The Bertz CT molecular complexity index is 103. The quantitative estimate of drug-likeness (QED) is 0.523. The first-order valence-corrected chi connectivity index (χ1v) is 4.67. The normalized spacial score (nSPS) is 28.5. The van der Waals surface area contributed by atoms with Crippen LogP contribution in [0.4, 0.5) is 0 Å². The molecule has 1 unspecified atom stereocenters. The van der Waals surface area contributed by atoms with Crippen molar-refractivity contribution >= 4 is 0 Å². The highest BCUT2D eigenvalue weighted by Gasteiger charge is 2.44. The van der Waals surface area contributed by atoms with Crippen LogP contribution in [0.2, 0.25) is 0 Å². The third kappa shape index (κ3) is 2.00. The highest BCUT2D eigenvalue weighted by molar-refractivity contribution is 4.94. The molecular weight excluding hydrogens is 120 g/mol. The lowest BCUT2D eigenvalue weighted by molar-refractivity contribution is 0.507. The van der Waals surface area contributed by atoms with Crippen molar-refractivity contribution in [2.75, 3.05) is 0 Å². The molecule has 0 saturated heterocycles. The van der Waals surface area contributed by atoms with Crippen molar-refractivity contribution < 1.29 is 0 Å². The Kier molecular flexibility index (Phi) is 2.38. The smallest absolute Gasteiger partial charge is 0.0323 e. The number of hydrogen-bond acceptors (Lipinski definition) is 0. The summed E-state index contributed by atoms with van der Waals surface area (Å²) in [6, 6.07) is 0. The van der Waals surface area contributed by atoms with Crippen molar-refractivity contribution in [2.45, 2.75) is 52.9 Å². The van der Waals surface area contributed by atoms with Crippen LogP contribution in [0, 0.1) is 11.3 Å². The molecule has 1 saturated carbocycles. The molecule has 0 bridgehead atoms. The first-order chi connectivity index (χ1) is 4.67. The van der Waals surface area contributed by atoms with Crippen LogP contribution in [0.5, 0.6) is 0 Å². The van der Waals surface area contributed by atoms with E-state index in [4.69, 9.17) is 0 Å². The van der Waals surface area contributed by atoms with Crippen LogP contribution in [-0.2, 0) is 0 Å². The standard InChI is InChI=1S/C10H20/c1-4-5-6-7-9-8-10(9,2)3/h9H,4-8H2,1-3H3. The topological polar surface area (TPSA) is 0 Å². The van der Waals surface area contributed by atoms with Gasteiger partial charge in [-0.1, -0.05) is 40.0 Å². The van der Waals surface area contributed by atoms with Gasteiger partial charge in [-0.25, -0.2) is 0 Å². The third-order valence-electron chi connectivity index (χ3n) is 2.87.